The largest absolute Gasteiger partial charge is 0.0836 e. The summed E-state index contributed by atoms with van der Waals surface area (Å²) < 4.78 is 0. The lowest BCUT2D eigenvalue weighted by Crippen LogP contribution is -2.17. The van der Waals surface area contributed by atoms with Crippen LogP contribution in [-0.4, -0.2) is 0 Å². The number of fused-ring (bicyclic) bond motifs is 4. The minimum absolute atomic E-state index is 0.156. The van der Waals surface area contributed by atoms with E-state index in [2.05, 4.69) is 62.4 Å². The summed E-state index contributed by atoms with van der Waals surface area (Å²) in [4.78, 5) is 0. The summed E-state index contributed by atoms with van der Waals surface area (Å²) in [6.07, 6.45) is 13.4. The second-order valence-corrected chi connectivity index (χ2v) is 7.69. The number of benzene rings is 1. The van der Waals surface area contributed by atoms with Crippen molar-refractivity contribution < 1.29 is 0 Å². The Morgan fingerprint density at radius 2 is 1.79 bits per heavy atom. The van der Waals surface area contributed by atoms with Crippen LogP contribution in [0.3, 0.4) is 0 Å². The fourth-order valence-corrected chi connectivity index (χ4v) is 4.79. The lowest BCUT2D eigenvalue weighted by atomic mass is 9.78. The van der Waals surface area contributed by atoms with Crippen molar-refractivity contribution >= 4 is 5.57 Å². The third kappa shape index (κ3) is 2.12. The molecule has 0 radical (unpaired) electrons. The van der Waals surface area contributed by atoms with Gasteiger partial charge in [-0.1, -0.05) is 76.3 Å². The van der Waals surface area contributed by atoms with Crippen molar-refractivity contribution in [3.8, 4) is 0 Å². The second kappa shape index (κ2) is 5.62. The first-order chi connectivity index (χ1) is 11.7. The van der Waals surface area contributed by atoms with Crippen molar-refractivity contribution in [1.29, 1.82) is 0 Å². The quantitative estimate of drug-likeness (QED) is 0.547. The van der Waals surface area contributed by atoms with Gasteiger partial charge in [0.25, 0.3) is 0 Å². The van der Waals surface area contributed by atoms with Gasteiger partial charge >= 0.3 is 0 Å². The van der Waals surface area contributed by atoms with Gasteiger partial charge in [0.1, 0.15) is 0 Å². The van der Waals surface area contributed by atoms with Crippen LogP contribution < -0.4 is 0 Å². The van der Waals surface area contributed by atoms with E-state index in [-0.39, 0.29) is 5.41 Å². The molecule has 5 rings (SSSR count). The van der Waals surface area contributed by atoms with Gasteiger partial charge in [-0.15, -0.1) is 0 Å². The van der Waals surface area contributed by atoms with Crippen molar-refractivity contribution in [3.05, 3.63) is 76.4 Å². The summed E-state index contributed by atoms with van der Waals surface area (Å²) in [6.45, 7) is 8.80. The van der Waals surface area contributed by atoms with Gasteiger partial charge in [-0.25, -0.2) is 0 Å². The fraction of sp³-hybridized carbons (Fsp3) is 0.417. The van der Waals surface area contributed by atoms with Gasteiger partial charge in [0, 0.05) is 5.41 Å². The molecule has 0 heteroatoms. The molecule has 0 bridgehead atoms. The van der Waals surface area contributed by atoms with Crippen LogP contribution in [0, 0.1) is 11.8 Å². The van der Waals surface area contributed by atoms with Crippen LogP contribution in [-0.2, 0) is 5.41 Å². The molecule has 4 aliphatic rings. The van der Waals surface area contributed by atoms with E-state index >= 15 is 0 Å². The Morgan fingerprint density at radius 3 is 2.54 bits per heavy atom. The molecule has 0 N–H and O–H groups in total. The van der Waals surface area contributed by atoms with Crippen LogP contribution in [0.25, 0.3) is 5.57 Å². The van der Waals surface area contributed by atoms with Crippen molar-refractivity contribution in [2.45, 2.75) is 52.4 Å². The molecule has 0 aliphatic heterocycles. The van der Waals surface area contributed by atoms with E-state index in [1.165, 1.54) is 36.0 Å². The lowest BCUT2D eigenvalue weighted by Gasteiger charge is -2.26. The van der Waals surface area contributed by atoms with E-state index in [1.54, 1.807) is 16.7 Å². The molecule has 0 spiro atoms. The molecule has 24 heavy (non-hydrogen) atoms. The third-order valence-corrected chi connectivity index (χ3v) is 6.04. The standard InChI is InChI=1S/C22H22.C2H6/c1-22(2)19-11-7-6-10-15(19)21-18-12-17(18)16(13-20(21)22)14-8-4-3-5-9-14;1-2/h4,6-11,13,17-18H,3,5,12H2,1-2H3;1-2H3. The maximum Gasteiger partial charge on any atom is 0.0155 e. The number of hydrogen-bond donors (Lipinski definition) is 0. The molecule has 1 saturated carbocycles. The normalized spacial score (nSPS) is 28.0. The van der Waals surface area contributed by atoms with E-state index in [1.807, 2.05) is 13.8 Å². The Bertz CT molecular complexity index is 795. The molecule has 124 valence electrons. The van der Waals surface area contributed by atoms with E-state index in [9.17, 15) is 0 Å². The third-order valence-electron chi connectivity index (χ3n) is 6.04. The van der Waals surface area contributed by atoms with Crippen molar-refractivity contribution in [3.63, 3.8) is 0 Å². The minimum Gasteiger partial charge on any atom is -0.0836 e. The Labute approximate surface area is 146 Å². The lowest BCUT2D eigenvalue weighted by molar-refractivity contribution is 0.649. The summed E-state index contributed by atoms with van der Waals surface area (Å²) in [7, 11) is 0. The molecule has 0 amide bonds. The molecule has 0 aromatic heterocycles. The van der Waals surface area contributed by atoms with E-state index in [4.69, 9.17) is 0 Å². The summed E-state index contributed by atoms with van der Waals surface area (Å²) in [5.74, 6) is 1.55. The zero-order valence-corrected chi connectivity index (χ0v) is 15.4. The first kappa shape index (κ1) is 15.7. The first-order valence-electron chi connectivity index (χ1n) is 9.61. The average Bonchev–Trinajstić information content (AvgIpc) is 3.39. The highest BCUT2D eigenvalue weighted by Gasteiger charge is 2.52. The Balaban J connectivity index is 0.000000704. The van der Waals surface area contributed by atoms with Crippen LogP contribution >= 0.6 is 0 Å². The fourth-order valence-electron chi connectivity index (χ4n) is 4.79. The topological polar surface area (TPSA) is 0 Å². The van der Waals surface area contributed by atoms with E-state index in [0.29, 0.717) is 0 Å². The molecule has 2 atom stereocenters. The maximum absolute atomic E-state index is 2.55. The highest BCUT2D eigenvalue weighted by molar-refractivity contribution is 5.87. The van der Waals surface area contributed by atoms with Gasteiger partial charge < -0.3 is 0 Å². The van der Waals surface area contributed by atoms with E-state index in [0.717, 1.165) is 11.8 Å². The average molecular weight is 316 g/mol. The number of hydrogen-bond acceptors (Lipinski definition) is 0. The monoisotopic (exact) mass is 316 g/mol. The Morgan fingerprint density at radius 1 is 1.00 bits per heavy atom. The van der Waals surface area contributed by atoms with Gasteiger partial charge in [-0.3, -0.25) is 0 Å². The van der Waals surface area contributed by atoms with Crippen LogP contribution in [0.1, 0.15) is 58.1 Å². The molecule has 4 aliphatic carbocycles. The van der Waals surface area contributed by atoms with Gasteiger partial charge in [0.2, 0.25) is 0 Å². The predicted octanol–water partition coefficient (Wildman–Crippen LogP) is 6.61. The molecule has 1 aromatic carbocycles. The predicted molar refractivity (Wildman–Crippen MR) is 104 cm³/mol. The van der Waals surface area contributed by atoms with Gasteiger partial charge in [0.05, 0.1) is 0 Å². The molecular formula is C24H28. The van der Waals surface area contributed by atoms with Crippen LogP contribution in [0.4, 0.5) is 0 Å². The van der Waals surface area contributed by atoms with E-state index < -0.39 is 0 Å². The summed E-state index contributed by atoms with van der Waals surface area (Å²) in [5, 5.41) is 0. The summed E-state index contributed by atoms with van der Waals surface area (Å²) in [6, 6.07) is 9.07. The van der Waals surface area contributed by atoms with Crippen molar-refractivity contribution in [2.75, 3.05) is 0 Å². The molecule has 0 heterocycles. The second-order valence-electron chi connectivity index (χ2n) is 7.69. The summed E-state index contributed by atoms with van der Waals surface area (Å²) >= 11 is 0. The van der Waals surface area contributed by atoms with Crippen LogP contribution in [0.15, 0.2) is 65.3 Å². The highest BCUT2D eigenvalue weighted by Crippen LogP contribution is 2.63. The zero-order valence-electron chi connectivity index (χ0n) is 15.4. The minimum atomic E-state index is 0.156. The smallest absolute Gasteiger partial charge is 0.0155 e. The molecule has 0 nitrogen and oxygen atoms in total. The van der Waals surface area contributed by atoms with Crippen LogP contribution in [0.5, 0.6) is 0 Å². The van der Waals surface area contributed by atoms with Gasteiger partial charge in [-0.05, 0) is 64.5 Å². The molecule has 1 aromatic rings. The van der Waals surface area contributed by atoms with Crippen molar-refractivity contribution in [1.82, 2.24) is 0 Å². The van der Waals surface area contributed by atoms with Crippen LogP contribution in [0.2, 0.25) is 0 Å². The maximum atomic E-state index is 2.55. The Kier molecular flexibility index (Phi) is 3.67. The van der Waals surface area contributed by atoms with Gasteiger partial charge in [-0.2, -0.15) is 0 Å². The highest BCUT2D eigenvalue weighted by atomic mass is 14.5. The summed E-state index contributed by atoms with van der Waals surface area (Å²) in [5.41, 5.74) is 9.56. The zero-order chi connectivity index (χ0) is 16.9. The van der Waals surface area contributed by atoms with Crippen molar-refractivity contribution in [2.24, 2.45) is 11.8 Å². The molecule has 0 saturated heterocycles. The van der Waals surface area contributed by atoms with Gasteiger partial charge in [0.15, 0.2) is 0 Å². The molecule has 1 fully saturated rings. The molecular weight excluding hydrogens is 288 g/mol. The molecule has 2 unspecified atom stereocenters. The first-order valence-corrected chi connectivity index (χ1v) is 9.61. The SMILES string of the molecule is CC.CC1(C)C2=C(c3ccccc31)C1CC1C(C1=CCCC=C1)=C2. The Hall–Kier alpha value is -1.82. The number of rotatable bonds is 1. The number of allylic oxidation sites excluding steroid dienone is 8.